The number of hydrogen-bond donors (Lipinski definition) is 0. The zero-order valence-corrected chi connectivity index (χ0v) is 18.8. The van der Waals surface area contributed by atoms with Gasteiger partial charge in [0, 0.05) is 54.8 Å². The highest BCUT2D eigenvalue weighted by Crippen LogP contribution is 2.28. The maximum absolute atomic E-state index is 5.72. The third kappa shape index (κ3) is 4.38. The number of aryl methyl sites for hydroxylation is 1. The molecular weight excluding hydrogens is 390 g/mol. The Balaban J connectivity index is 1.58. The minimum atomic E-state index is -0.287. The van der Waals surface area contributed by atoms with Crippen LogP contribution >= 0.6 is 0 Å². The van der Waals surface area contributed by atoms with Gasteiger partial charge in [-0.3, -0.25) is 0 Å². The number of oxazole rings is 1. The molecule has 0 fully saturated rings. The third-order valence-electron chi connectivity index (χ3n) is 5.16. The van der Waals surface area contributed by atoms with Gasteiger partial charge in [0.05, 0.1) is 11.4 Å². The first-order valence-corrected chi connectivity index (χ1v) is 10.2. The van der Waals surface area contributed by atoms with Crippen LogP contribution in [0, 0.1) is 0 Å². The van der Waals surface area contributed by atoms with E-state index in [4.69, 9.17) is 9.40 Å². The molecular formula is C23H27N7O. The molecule has 4 heterocycles. The van der Waals surface area contributed by atoms with Crippen molar-refractivity contribution in [3.8, 4) is 23.4 Å². The normalized spacial score (nSPS) is 12.3. The predicted octanol–water partition coefficient (Wildman–Crippen LogP) is 4.14. The Kier molecular flexibility index (Phi) is 5.16. The quantitative estimate of drug-likeness (QED) is 0.481. The van der Waals surface area contributed by atoms with Crippen LogP contribution in [-0.2, 0) is 24.3 Å². The van der Waals surface area contributed by atoms with Gasteiger partial charge in [-0.25, -0.2) is 29.9 Å². The lowest BCUT2D eigenvalue weighted by Gasteiger charge is -2.23. The van der Waals surface area contributed by atoms with Crippen LogP contribution in [0.5, 0.6) is 0 Å². The second-order valence-electron chi connectivity index (χ2n) is 9.35. The summed E-state index contributed by atoms with van der Waals surface area (Å²) in [5.41, 5.74) is 2.32. The highest BCUT2D eigenvalue weighted by molar-refractivity contribution is 5.44. The van der Waals surface area contributed by atoms with E-state index < -0.39 is 0 Å². The molecule has 4 aromatic heterocycles. The smallest absolute Gasteiger partial charge is 0.265 e. The summed E-state index contributed by atoms with van der Waals surface area (Å²) < 4.78 is 7.62. The monoisotopic (exact) mass is 417 g/mol. The average Bonchev–Trinajstić information content (AvgIpc) is 3.36. The predicted molar refractivity (Wildman–Crippen MR) is 117 cm³/mol. The Bertz CT molecular complexity index is 1200. The van der Waals surface area contributed by atoms with Gasteiger partial charge in [0.25, 0.3) is 5.89 Å². The molecule has 160 valence electrons. The van der Waals surface area contributed by atoms with E-state index in [9.17, 15) is 0 Å². The first kappa shape index (κ1) is 20.8. The van der Waals surface area contributed by atoms with Crippen molar-refractivity contribution in [1.82, 2.24) is 34.5 Å². The van der Waals surface area contributed by atoms with Crippen LogP contribution in [-0.4, -0.2) is 34.5 Å². The summed E-state index contributed by atoms with van der Waals surface area (Å²) >= 11 is 0. The Morgan fingerprint density at radius 2 is 1.52 bits per heavy atom. The Labute approximate surface area is 181 Å². The summed E-state index contributed by atoms with van der Waals surface area (Å²) in [6, 6.07) is 3.86. The lowest BCUT2D eigenvalue weighted by molar-refractivity contribution is 0.495. The molecule has 31 heavy (non-hydrogen) atoms. The molecule has 0 saturated carbocycles. The minimum Gasteiger partial charge on any atom is -0.442 e. The summed E-state index contributed by atoms with van der Waals surface area (Å²) in [5.74, 6) is 2.26. The van der Waals surface area contributed by atoms with Crippen molar-refractivity contribution in [2.45, 2.75) is 51.9 Å². The lowest BCUT2D eigenvalue weighted by atomic mass is 9.84. The standard InChI is InChI=1S/C23H27N7O/c1-22(2,3)16-7-9-25-19(28-16)21-27-15(14-31-21)13-23(4,5)17-8-10-24-18(29-17)20-26-11-12-30(20)6/h7-12,14H,13H2,1-6H3. The second kappa shape index (κ2) is 7.68. The SMILES string of the molecule is Cn1ccnc1-c1nccc(C(C)(C)Cc2coc(-c3nccc(C(C)(C)C)n3)n2)n1. The van der Waals surface area contributed by atoms with E-state index in [0.29, 0.717) is 24.0 Å². The first-order valence-electron chi connectivity index (χ1n) is 10.2. The van der Waals surface area contributed by atoms with Crippen LogP contribution in [0.15, 0.2) is 47.6 Å². The second-order valence-corrected chi connectivity index (χ2v) is 9.35. The molecule has 0 N–H and O–H groups in total. The topological polar surface area (TPSA) is 95.4 Å². The minimum absolute atomic E-state index is 0.0764. The van der Waals surface area contributed by atoms with E-state index >= 15 is 0 Å². The van der Waals surface area contributed by atoms with Crippen LogP contribution in [0.3, 0.4) is 0 Å². The average molecular weight is 418 g/mol. The van der Waals surface area contributed by atoms with Crippen molar-refractivity contribution >= 4 is 0 Å². The molecule has 0 aliphatic carbocycles. The Morgan fingerprint density at radius 3 is 2.19 bits per heavy atom. The van der Waals surface area contributed by atoms with Crippen LogP contribution in [0.1, 0.15) is 51.7 Å². The molecule has 4 rings (SSSR count). The largest absolute Gasteiger partial charge is 0.442 e. The van der Waals surface area contributed by atoms with Gasteiger partial charge in [0.2, 0.25) is 5.82 Å². The molecule has 0 spiro atoms. The van der Waals surface area contributed by atoms with Crippen LogP contribution in [0.2, 0.25) is 0 Å². The highest BCUT2D eigenvalue weighted by atomic mass is 16.3. The molecule has 0 bridgehead atoms. The fourth-order valence-electron chi connectivity index (χ4n) is 3.34. The molecule has 0 radical (unpaired) electrons. The number of nitrogens with zero attached hydrogens (tertiary/aromatic N) is 7. The first-order chi connectivity index (χ1) is 14.6. The number of rotatable bonds is 5. The number of aromatic nitrogens is 7. The van der Waals surface area contributed by atoms with Crippen molar-refractivity contribution in [2.24, 2.45) is 7.05 Å². The summed E-state index contributed by atoms with van der Waals surface area (Å²) in [4.78, 5) is 27.1. The number of hydrogen-bond acceptors (Lipinski definition) is 7. The van der Waals surface area contributed by atoms with E-state index in [0.717, 1.165) is 22.9 Å². The fourth-order valence-corrected chi connectivity index (χ4v) is 3.34. The molecule has 8 nitrogen and oxygen atoms in total. The summed E-state index contributed by atoms with van der Waals surface area (Å²) in [6.45, 7) is 10.6. The summed E-state index contributed by atoms with van der Waals surface area (Å²) in [6.07, 6.45) is 9.46. The fraction of sp³-hybridized carbons (Fsp3) is 0.391. The molecule has 8 heteroatoms. The van der Waals surface area contributed by atoms with Crippen LogP contribution < -0.4 is 0 Å². The summed E-state index contributed by atoms with van der Waals surface area (Å²) in [7, 11) is 1.93. The van der Waals surface area contributed by atoms with Crippen LogP contribution in [0.25, 0.3) is 23.4 Å². The molecule has 0 aliphatic rings. The molecule has 0 amide bonds. The Morgan fingerprint density at radius 1 is 0.839 bits per heavy atom. The van der Waals surface area contributed by atoms with Crippen LogP contribution in [0.4, 0.5) is 0 Å². The van der Waals surface area contributed by atoms with Gasteiger partial charge < -0.3 is 8.98 Å². The lowest BCUT2D eigenvalue weighted by Crippen LogP contribution is -2.23. The maximum atomic E-state index is 5.72. The zero-order chi connectivity index (χ0) is 22.2. The Hall–Kier alpha value is -3.42. The number of imidazole rings is 1. The van der Waals surface area contributed by atoms with Gasteiger partial charge in [-0.2, -0.15) is 0 Å². The van der Waals surface area contributed by atoms with Crippen molar-refractivity contribution in [3.05, 3.63) is 60.3 Å². The van der Waals surface area contributed by atoms with Gasteiger partial charge in [-0.1, -0.05) is 34.6 Å². The van der Waals surface area contributed by atoms with Crippen molar-refractivity contribution < 1.29 is 4.42 Å². The molecule has 0 unspecified atom stereocenters. The van der Waals surface area contributed by atoms with Gasteiger partial charge in [-0.15, -0.1) is 0 Å². The van der Waals surface area contributed by atoms with Gasteiger partial charge in [0.1, 0.15) is 6.26 Å². The van der Waals surface area contributed by atoms with Gasteiger partial charge in [0.15, 0.2) is 11.6 Å². The molecule has 4 aromatic rings. The maximum Gasteiger partial charge on any atom is 0.265 e. The van der Waals surface area contributed by atoms with Crippen molar-refractivity contribution in [1.29, 1.82) is 0 Å². The molecule has 0 aliphatic heterocycles. The van der Waals surface area contributed by atoms with E-state index in [-0.39, 0.29) is 10.8 Å². The van der Waals surface area contributed by atoms with Gasteiger partial charge in [-0.05, 0) is 12.1 Å². The molecule has 0 aromatic carbocycles. The van der Waals surface area contributed by atoms with Gasteiger partial charge >= 0.3 is 0 Å². The van der Waals surface area contributed by atoms with E-state index in [2.05, 4.69) is 59.5 Å². The van der Waals surface area contributed by atoms with E-state index in [1.54, 1.807) is 24.9 Å². The third-order valence-corrected chi connectivity index (χ3v) is 5.16. The summed E-state index contributed by atoms with van der Waals surface area (Å²) in [5, 5.41) is 0. The molecule has 0 saturated heterocycles. The van der Waals surface area contributed by atoms with Crippen molar-refractivity contribution in [2.75, 3.05) is 0 Å². The van der Waals surface area contributed by atoms with E-state index in [1.165, 1.54) is 0 Å². The molecule has 0 atom stereocenters. The zero-order valence-electron chi connectivity index (χ0n) is 18.8. The van der Waals surface area contributed by atoms with Crippen molar-refractivity contribution in [3.63, 3.8) is 0 Å². The highest BCUT2D eigenvalue weighted by Gasteiger charge is 2.26. The van der Waals surface area contributed by atoms with E-state index in [1.807, 2.05) is 29.9 Å².